The van der Waals surface area contributed by atoms with Crippen LogP contribution >= 0.6 is 0 Å². The van der Waals surface area contributed by atoms with Gasteiger partial charge in [0.05, 0.1) is 0 Å². The van der Waals surface area contributed by atoms with Crippen LogP contribution in [0.25, 0.3) is 0 Å². The molecule has 1 atom stereocenters. The number of benzene rings is 1. The van der Waals surface area contributed by atoms with Crippen molar-refractivity contribution in [1.29, 1.82) is 0 Å². The Hall–Kier alpha value is -1.08. The zero-order chi connectivity index (χ0) is 12.7. The van der Waals surface area contributed by atoms with E-state index in [1.807, 2.05) is 0 Å². The normalized spacial score (nSPS) is 12.4. The lowest BCUT2D eigenvalue weighted by atomic mass is 9.98. The number of hydrogen-bond donors (Lipinski definition) is 1. The van der Waals surface area contributed by atoms with Crippen LogP contribution in [0.4, 0.5) is 0 Å². The maximum Gasteiger partial charge on any atom is 0.0277 e. The maximum absolute atomic E-state index is 4.08. The Bertz CT molecular complexity index is 354. The third kappa shape index (κ3) is 4.74. The summed E-state index contributed by atoms with van der Waals surface area (Å²) in [5, 5.41) is 3.56. The molecule has 0 amide bonds. The van der Waals surface area contributed by atoms with Crippen molar-refractivity contribution >= 4 is 0 Å². The molecule has 0 bridgehead atoms. The highest BCUT2D eigenvalue weighted by atomic mass is 14.9. The average molecular weight is 231 g/mol. The third-order valence-electron chi connectivity index (χ3n) is 3.20. The topological polar surface area (TPSA) is 12.0 Å². The molecule has 17 heavy (non-hydrogen) atoms. The zero-order valence-corrected chi connectivity index (χ0v) is 11.4. The van der Waals surface area contributed by atoms with Crippen molar-refractivity contribution in [2.45, 2.75) is 46.1 Å². The Kier molecular flexibility index (Phi) is 5.99. The summed E-state index contributed by atoms with van der Waals surface area (Å²) in [6.45, 7) is 11.7. The Morgan fingerprint density at radius 1 is 1.35 bits per heavy atom. The van der Waals surface area contributed by atoms with Crippen molar-refractivity contribution in [3.05, 3.63) is 47.5 Å². The molecule has 1 unspecified atom stereocenters. The van der Waals surface area contributed by atoms with Crippen LogP contribution in [0.15, 0.2) is 36.4 Å². The highest BCUT2D eigenvalue weighted by Gasteiger charge is 2.08. The summed E-state index contributed by atoms with van der Waals surface area (Å²) in [6.07, 6.45) is 3.44. The van der Waals surface area contributed by atoms with Crippen LogP contribution in [-0.4, -0.2) is 12.6 Å². The summed E-state index contributed by atoms with van der Waals surface area (Å²) < 4.78 is 0. The van der Waals surface area contributed by atoms with Crippen LogP contribution in [0.1, 0.15) is 37.8 Å². The fraction of sp³-hybridized carbons (Fsp3) is 0.500. The lowest BCUT2D eigenvalue weighted by Crippen LogP contribution is -2.31. The highest BCUT2D eigenvalue weighted by molar-refractivity contribution is 5.26. The second-order valence-corrected chi connectivity index (χ2v) is 4.82. The Morgan fingerprint density at radius 2 is 2.06 bits per heavy atom. The Balaban J connectivity index is 2.52. The van der Waals surface area contributed by atoms with Crippen molar-refractivity contribution in [2.75, 3.05) is 6.54 Å². The molecule has 0 aliphatic rings. The molecule has 1 nitrogen and oxygen atoms in total. The molecule has 0 spiro atoms. The fourth-order valence-electron chi connectivity index (χ4n) is 2.03. The van der Waals surface area contributed by atoms with Gasteiger partial charge in [-0.15, -0.1) is 0 Å². The van der Waals surface area contributed by atoms with E-state index in [1.165, 1.54) is 23.1 Å². The van der Waals surface area contributed by atoms with Crippen LogP contribution in [-0.2, 0) is 6.42 Å². The van der Waals surface area contributed by atoms with Gasteiger partial charge in [0.2, 0.25) is 0 Å². The lowest BCUT2D eigenvalue weighted by molar-refractivity contribution is 0.533. The van der Waals surface area contributed by atoms with Crippen LogP contribution in [0.2, 0.25) is 0 Å². The van der Waals surface area contributed by atoms with E-state index >= 15 is 0 Å². The minimum atomic E-state index is 0.453. The van der Waals surface area contributed by atoms with Gasteiger partial charge in [0.15, 0.2) is 0 Å². The van der Waals surface area contributed by atoms with Gasteiger partial charge in [-0.05, 0) is 50.8 Å². The first-order valence-corrected chi connectivity index (χ1v) is 6.58. The first-order chi connectivity index (χ1) is 8.15. The monoisotopic (exact) mass is 231 g/mol. The van der Waals surface area contributed by atoms with E-state index in [0.29, 0.717) is 6.04 Å². The van der Waals surface area contributed by atoms with E-state index in [9.17, 15) is 0 Å². The smallest absolute Gasteiger partial charge is 0.0277 e. The molecule has 1 N–H and O–H groups in total. The molecule has 0 heterocycles. The molecule has 0 radical (unpaired) electrons. The van der Waals surface area contributed by atoms with E-state index in [-0.39, 0.29) is 0 Å². The van der Waals surface area contributed by atoms with Gasteiger partial charge in [0.25, 0.3) is 0 Å². The van der Waals surface area contributed by atoms with Gasteiger partial charge in [-0.1, -0.05) is 43.3 Å². The standard InChI is InChI=1S/C16H25N/c1-5-12-17-16(13(2)3)11-10-15-9-7-6-8-14(15)4/h6-9,16-17H,2,5,10-12H2,1,3-4H3. The molecular weight excluding hydrogens is 206 g/mol. The predicted octanol–water partition coefficient (Wildman–Crippen LogP) is 3.87. The molecule has 0 aromatic heterocycles. The zero-order valence-electron chi connectivity index (χ0n) is 11.4. The van der Waals surface area contributed by atoms with Crippen LogP contribution < -0.4 is 5.32 Å². The molecule has 1 heteroatoms. The molecule has 94 valence electrons. The molecule has 0 fully saturated rings. The first-order valence-electron chi connectivity index (χ1n) is 6.58. The molecule has 1 aromatic carbocycles. The molecule has 0 aliphatic carbocycles. The summed E-state index contributed by atoms with van der Waals surface area (Å²) >= 11 is 0. The molecule has 1 rings (SSSR count). The summed E-state index contributed by atoms with van der Waals surface area (Å²) in [5.41, 5.74) is 4.09. The lowest BCUT2D eigenvalue weighted by Gasteiger charge is -2.19. The highest BCUT2D eigenvalue weighted by Crippen LogP contribution is 2.13. The quantitative estimate of drug-likeness (QED) is 0.702. The van der Waals surface area contributed by atoms with Gasteiger partial charge < -0.3 is 5.32 Å². The Morgan fingerprint density at radius 3 is 2.65 bits per heavy atom. The van der Waals surface area contributed by atoms with E-state index < -0.39 is 0 Å². The van der Waals surface area contributed by atoms with E-state index in [1.54, 1.807) is 0 Å². The van der Waals surface area contributed by atoms with Gasteiger partial charge >= 0.3 is 0 Å². The molecule has 1 aromatic rings. The predicted molar refractivity (Wildman–Crippen MR) is 76.4 cm³/mol. The average Bonchev–Trinajstić information content (AvgIpc) is 2.31. The van der Waals surface area contributed by atoms with Gasteiger partial charge in [0, 0.05) is 6.04 Å². The minimum absolute atomic E-state index is 0.453. The van der Waals surface area contributed by atoms with Crippen LogP contribution in [0.3, 0.4) is 0 Å². The number of aryl methyl sites for hydroxylation is 2. The molecule has 0 saturated carbocycles. The first kappa shape index (κ1) is 14.0. The van der Waals surface area contributed by atoms with Crippen LogP contribution in [0.5, 0.6) is 0 Å². The number of nitrogens with one attached hydrogen (secondary N) is 1. The second kappa shape index (κ2) is 7.29. The van der Waals surface area contributed by atoms with Gasteiger partial charge in [-0.25, -0.2) is 0 Å². The summed E-state index contributed by atoms with van der Waals surface area (Å²) in [7, 11) is 0. The van der Waals surface area contributed by atoms with Crippen LogP contribution in [0, 0.1) is 6.92 Å². The largest absolute Gasteiger partial charge is 0.310 e. The fourth-order valence-corrected chi connectivity index (χ4v) is 2.03. The minimum Gasteiger partial charge on any atom is -0.310 e. The maximum atomic E-state index is 4.08. The van der Waals surface area contributed by atoms with Crippen molar-refractivity contribution < 1.29 is 0 Å². The Labute approximate surface area is 106 Å². The van der Waals surface area contributed by atoms with Crippen molar-refractivity contribution in [1.82, 2.24) is 5.32 Å². The van der Waals surface area contributed by atoms with E-state index in [4.69, 9.17) is 0 Å². The third-order valence-corrected chi connectivity index (χ3v) is 3.20. The number of rotatable bonds is 7. The molecular formula is C16H25N. The van der Waals surface area contributed by atoms with E-state index in [0.717, 1.165) is 19.4 Å². The summed E-state index contributed by atoms with van der Waals surface area (Å²) in [4.78, 5) is 0. The summed E-state index contributed by atoms with van der Waals surface area (Å²) in [6, 6.07) is 9.09. The van der Waals surface area contributed by atoms with Crippen molar-refractivity contribution in [3.8, 4) is 0 Å². The molecule has 0 aliphatic heterocycles. The summed E-state index contributed by atoms with van der Waals surface area (Å²) in [5.74, 6) is 0. The van der Waals surface area contributed by atoms with Crippen molar-refractivity contribution in [2.24, 2.45) is 0 Å². The molecule has 0 saturated heterocycles. The van der Waals surface area contributed by atoms with Gasteiger partial charge in [-0.3, -0.25) is 0 Å². The van der Waals surface area contributed by atoms with Gasteiger partial charge in [0.1, 0.15) is 0 Å². The second-order valence-electron chi connectivity index (χ2n) is 4.82. The number of hydrogen-bond acceptors (Lipinski definition) is 1. The van der Waals surface area contributed by atoms with E-state index in [2.05, 4.69) is 56.9 Å². The van der Waals surface area contributed by atoms with Crippen molar-refractivity contribution in [3.63, 3.8) is 0 Å². The van der Waals surface area contributed by atoms with Gasteiger partial charge in [-0.2, -0.15) is 0 Å². The SMILES string of the molecule is C=C(C)C(CCc1ccccc1C)NCCC.